The Hall–Kier alpha value is -1.14. The molecule has 114 valence electrons. The Morgan fingerprint density at radius 2 is 2.20 bits per heavy atom. The normalized spacial score (nSPS) is 17.3. The fourth-order valence-electron chi connectivity index (χ4n) is 2.53. The zero-order valence-corrected chi connectivity index (χ0v) is 12.8. The van der Waals surface area contributed by atoms with E-state index in [-0.39, 0.29) is 18.3 Å². The maximum Gasteiger partial charge on any atom is 0.246 e. The van der Waals surface area contributed by atoms with Gasteiger partial charge in [0.2, 0.25) is 11.8 Å². The molecule has 0 spiro atoms. The summed E-state index contributed by atoms with van der Waals surface area (Å²) in [5.41, 5.74) is 0. The Morgan fingerprint density at radius 3 is 2.80 bits per heavy atom. The Bertz CT molecular complexity index is 418. The van der Waals surface area contributed by atoms with Gasteiger partial charge in [-0.1, -0.05) is 12.1 Å². The van der Waals surface area contributed by atoms with Gasteiger partial charge in [-0.3, -0.25) is 4.79 Å². The Morgan fingerprint density at radius 1 is 1.50 bits per heavy atom. The van der Waals surface area contributed by atoms with Gasteiger partial charge in [-0.2, -0.15) is 4.98 Å². The van der Waals surface area contributed by atoms with Crippen molar-refractivity contribution in [1.82, 2.24) is 20.8 Å². The van der Waals surface area contributed by atoms with Crippen LogP contribution in [-0.4, -0.2) is 29.1 Å². The van der Waals surface area contributed by atoms with Gasteiger partial charge in [0.15, 0.2) is 5.82 Å². The van der Waals surface area contributed by atoms with Crippen molar-refractivity contribution in [3.8, 4) is 0 Å². The van der Waals surface area contributed by atoms with Crippen LogP contribution in [0.5, 0.6) is 0 Å². The van der Waals surface area contributed by atoms with E-state index in [4.69, 9.17) is 4.52 Å². The van der Waals surface area contributed by atoms with Crippen LogP contribution in [0, 0.1) is 18.8 Å². The average molecular weight is 303 g/mol. The molecule has 1 aliphatic rings. The lowest BCUT2D eigenvalue weighted by molar-refractivity contribution is -0.122. The smallest absolute Gasteiger partial charge is 0.246 e. The van der Waals surface area contributed by atoms with Crippen molar-refractivity contribution in [2.45, 2.75) is 39.7 Å². The lowest BCUT2D eigenvalue weighted by atomic mass is 9.84. The monoisotopic (exact) mass is 302 g/mol. The molecule has 2 rings (SSSR count). The van der Waals surface area contributed by atoms with Crippen LogP contribution in [0.2, 0.25) is 0 Å². The summed E-state index contributed by atoms with van der Waals surface area (Å²) in [6.07, 6.45) is 2.90. The van der Waals surface area contributed by atoms with Crippen molar-refractivity contribution >= 4 is 18.3 Å². The zero-order valence-electron chi connectivity index (χ0n) is 12.0. The van der Waals surface area contributed by atoms with Crippen molar-refractivity contribution < 1.29 is 9.32 Å². The number of halogens is 1. The van der Waals surface area contributed by atoms with Gasteiger partial charge < -0.3 is 15.2 Å². The summed E-state index contributed by atoms with van der Waals surface area (Å²) < 4.78 is 4.95. The van der Waals surface area contributed by atoms with Gasteiger partial charge >= 0.3 is 0 Å². The highest BCUT2D eigenvalue weighted by atomic mass is 35.5. The number of nitrogens with zero attached hydrogens (tertiary/aromatic N) is 2. The molecule has 6 nitrogen and oxygen atoms in total. The first kappa shape index (κ1) is 16.9. The molecule has 1 saturated heterocycles. The number of piperidine rings is 1. The van der Waals surface area contributed by atoms with Crippen molar-refractivity contribution in [2.75, 3.05) is 13.1 Å². The molecular formula is C13H23ClN4O2. The fourth-order valence-corrected chi connectivity index (χ4v) is 2.53. The summed E-state index contributed by atoms with van der Waals surface area (Å²) in [4.78, 5) is 15.9. The molecule has 0 aromatic carbocycles. The molecule has 1 atom stereocenters. The highest BCUT2D eigenvalue weighted by Gasteiger charge is 2.22. The molecule has 1 aromatic heterocycles. The molecule has 1 amide bonds. The van der Waals surface area contributed by atoms with Crippen molar-refractivity contribution in [2.24, 2.45) is 11.8 Å². The molecule has 0 radical (unpaired) electrons. The molecule has 0 bridgehead atoms. The van der Waals surface area contributed by atoms with E-state index < -0.39 is 0 Å². The Balaban J connectivity index is 0.00000200. The second kappa shape index (κ2) is 8.21. The maximum absolute atomic E-state index is 11.9. The third kappa shape index (κ3) is 5.09. The molecule has 2 N–H and O–H groups in total. The lowest BCUT2D eigenvalue weighted by Gasteiger charge is -2.27. The van der Waals surface area contributed by atoms with Crippen LogP contribution in [0.3, 0.4) is 0 Å². The Labute approximate surface area is 125 Å². The first-order valence-electron chi connectivity index (χ1n) is 6.91. The number of carbonyl (C=O) groups excluding carboxylic acids is 1. The molecule has 7 heteroatoms. The van der Waals surface area contributed by atoms with Crippen LogP contribution in [0.4, 0.5) is 0 Å². The summed E-state index contributed by atoms with van der Waals surface area (Å²) in [5.74, 6) is 2.18. The summed E-state index contributed by atoms with van der Waals surface area (Å²) in [6, 6.07) is 0. The zero-order chi connectivity index (χ0) is 13.7. The minimum absolute atomic E-state index is 0. The van der Waals surface area contributed by atoms with Gasteiger partial charge in [-0.15, -0.1) is 12.4 Å². The minimum atomic E-state index is 0. The van der Waals surface area contributed by atoms with Crippen molar-refractivity contribution in [1.29, 1.82) is 0 Å². The summed E-state index contributed by atoms with van der Waals surface area (Å²) in [7, 11) is 0. The third-order valence-corrected chi connectivity index (χ3v) is 3.70. The minimum Gasteiger partial charge on any atom is -0.347 e. The average Bonchev–Trinajstić information content (AvgIpc) is 2.83. The second-order valence-corrected chi connectivity index (χ2v) is 5.28. The molecule has 1 unspecified atom stereocenters. The molecule has 0 saturated carbocycles. The van der Waals surface area contributed by atoms with E-state index in [1.54, 1.807) is 6.92 Å². The van der Waals surface area contributed by atoms with Crippen LogP contribution in [-0.2, 0) is 11.3 Å². The summed E-state index contributed by atoms with van der Waals surface area (Å²) >= 11 is 0. The quantitative estimate of drug-likeness (QED) is 0.860. The van der Waals surface area contributed by atoms with E-state index in [0.29, 0.717) is 36.5 Å². The second-order valence-electron chi connectivity index (χ2n) is 5.28. The van der Waals surface area contributed by atoms with Gasteiger partial charge in [-0.25, -0.2) is 0 Å². The van der Waals surface area contributed by atoms with Gasteiger partial charge in [0, 0.05) is 6.42 Å². The molecule has 1 fully saturated rings. The van der Waals surface area contributed by atoms with Crippen molar-refractivity contribution in [3.05, 3.63) is 11.7 Å². The molecule has 1 aromatic rings. The Kier molecular flexibility index (Phi) is 6.95. The van der Waals surface area contributed by atoms with Crippen LogP contribution >= 0.6 is 12.4 Å². The number of hydrogen-bond acceptors (Lipinski definition) is 5. The molecular weight excluding hydrogens is 280 g/mol. The molecule has 1 aliphatic heterocycles. The first-order valence-corrected chi connectivity index (χ1v) is 6.91. The summed E-state index contributed by atoms with van der Waals surface area (Å²) in [5, 5.41) is 9.86. The van der Waals surface area contributed by atoms with E-state index >= 15 is 0 Å². The van der Waals surface area contributed by atoms with Crippen LogP contribution in [0.25, 0.3) is 0 Å². The first-order chi connectivity index (χ1) is 9.15. The SMILES string of the molecule is Cc1noc(CNC(=O)CC(C)C2CCNCC2)n1.Cl. The molecule has 2 heterocycles. The topological polar surface area (TPSA) is 80.0 Å². The van der Waals surface area contributed by atoms with E-state index in [0.717, 1.165) is 25.9 Å². The van der Waals surface area contributed by atoms with E-state index in [9.17, 15) is 4.79 Å². The highest BCUT2D eigenvalue weighted by Crippen LogP contribution is 2.24. The van der Waals surface area contributed by atoms with E-state index in [1.165, 1.54) is 0 Å². The number of aryl methyl sites for hydroxylation is 1. The predicted molar refractivity (Wildman–Crippen MR) is 77.5 cm³/mol. The number of hydrogen-bond donors (Lipinski definition) is 2. The van der Waals surface area contributed by atoms with E-state index in [2.05, 4.69) is 27.7 Å². The predicted octanol–water partition coefficient (Wildman–Crippen LogP) is 1.44. The van der Waals surface area contributed by atoms with Crippen LogP contribution in [0.1, 0.15) is 37.9 Å². The molecule has 0 aliphatic carbocycles. The highest BCUT2D eigenvalue weighted by molar-refractivity contribution is 5.85. The fraction of sp³-hybridized carbons (Fsp3) is 0.769. The van der Waals surface area contributed by atoms with Gasteiger partial charge in [0.25, 0.3) is 0 Å². The number of nitrogens with one attached hydrogen (secondary N) is 2. The standard InChI is InChI=1S/C13H22N4O2.ClH/c1-9(11-3-5-14-6-4-11)7-12(18)15-8-13-16-10(2)17-19-13;/h9,11,14H,3-8H2,1-2H3,(H,15,18);1H. The maximum atomic E-state index is 11.9. The van der Waals surface area contributed by atoms with Gasteiger partial charge in [-0.05, 0) is 44.7 Å². The number of aromatic nitrogens is 2. The summed E-state index contributed by atoms with van der Waals surface area (Å²) in [6.45, 7) is 6.37. The third-order valence-electron chi connectivity index (χ3n) is 3.70. The van der Waals surface area contributed by atoms with E-state index in [1.807, 2.05) is 0 Å². The number of carbonyl (C=O) groups is 1. The van der Waals surface area contributed by atoms with Crippen molar-refractivity contribution in [3.63, 3.8) is 0 Å². The largest absolute Gasteiger partial charge is 0.347 e. The van der Waals surface area contributed by atoms with Crippen LogP contribution < -0.4 is 10.6 Å². The van der Waals surface area contributed by atoms with Gasteiger partial charge in [0.05, 0.1) is 6.54 Å². The lowest BCUT2D eigenvalue weighted by Crippen LogP contribution is -2.33. The van der Waals surface area contributed by atoms with Gasteiger partial charge in [0.1, 0.15) is 0 Å². The number of rotatable bonds is 5. The number of amides is 1. The van der Waals surface area contributed by atoms with Crippen LogP contribution in [0.15, 0.2) is 4.52 Å². The molecule has 20 heavy (non-hydrogen) atoms.